The minimum absolute atomic E-state index is 0.0778. The molecule has 3 heterocycles. The van der Waals surface area contributed by atoms with Crippen molar-refractivity contribution in [3.8, 4) is 5.75 Å². The SMILES string of the molecule is CCCOc1ccc(/C(O)=C2/C(=O)C(=O)N(c3nnc(SCc4ccccc4F)s3)C2c2cccnc2)cc1. The number of nitrogens with zero attached hydrogens (tertiary/aromatic N) is 4. The fourth-order valence-corrected chi connectivity index (χ4v) is 5.93. The topological polar surface area (TPSA) is 106 Å². The second-order valence-corrected chi connectivity index (χ2v) is 10.7. The molecule has 0 bridgehead atoms. The molecule has 1 fully saturated rings. The molecule has 2 aromatic carbocycles. The molecule has 11 heteroatoms. The van der Waals surface area contributed by atoms with Crippen LogP contribution >= 0.6 is 23.1 Å². The Morgan fingerprint density at radius 1 is 1.10 bits per heavy atom. The summed E-state index contributed by atoms with van der Waals surface area (Å²) in [4.78, 5) is 32.0. The van der Waals surface area contributed by atoms with Crippen molar-refractivity contribution >= 4 is 45.7 Å². The van der Waals surface area contributed by atoms with Gasteiger partial charge in [-0.15, -0.1) is 10.2 Å². The first-order valence-corrected chi connectivity index (χ1v) is 13.9. The van der Waals surface area contributed by atoms with E-state index >= 15 is 0 Å². The van der Waals surface area contributed by atoms with Gasteiger partial charge in [-0.3, -0.25) is 19.5 Å². The Balaban J connectivity index is 1.49. The van der Waals surface area contributed by atoms with Crippen molar-refractivity contribution < 1.29 is 23.8 Å². The molecule has 1 amide bonds. The minimum atomic E-state index is -0.966. The lowest BCUT2D eigenvalue weighted by Crippen LogP contribution is -2.29. The van der Waals surface area contributed by atoms with E-state index in [0.29, 0.717) is 39.1 Å². The quantitative estimate of drug-likeness (QED) is 0.0900. The van der Waals surface area contributed by atoms with Crippen LogP contribution in [0.4, 0.5) is 9.52 Å². The van der Waals surface area contributed by atoms with Crippen LogP contribution in [-0.4, -0.2) is 38.6 Å². The second-order valence-electron chi connectivity index (χ2n) is 8.56. The second kappa shape index (κ2) is 11.7. The van der Waals surface area contributed by atoms with Crippen LogP contribution in [0.25, 0.3) is 5.76 Å². The largest absolute Gasteiger partial charge is 0.507 e. The lowest BCUT2D eigenvalue weighted by molar-refractivity contribution is -0.132. The maximum atomic E-state index is 14.0. The molecular weight excluding hydrogens is 539 g/mol. The molecule has 2 aromatic heterocycles. The highest BCUT2D eigenvalue weighted by molar-refractivity contribution is 8.00. The van der Waals surface area contributed by atoms with Crippen molar-refractivity contribution in [1.29, 1.82) is 0 Å². The zero-order chi connectivity index (χ0) is 27.4. The van der Waals surface area contributed by atoms with E-state index in [-0.39, 0.29) is 22.3 Å². The highest BCUT2D eigenvalue weighted by Gasteiger charge is 2.48. The Kier molecular flexibility index (Phi) is 7.99. The van der Waals surface area contributed by atoms with Gasteiger partial charge in [0.15, 0.2) is 4.34 Å². The number of hydrogen-bond acceptors (Lipinski definition) is 9. The molecule has 198 valence electrons. The number of carbonyl (C=O) groups excluding carboxylic acids is 2. The summed E-state index contributed by atoms with van der Waals surface area (Å²) in [6.45, 7) is 2.56. The number of ether oxygens (including phenoxy) is 1. The van der Waals surface area contributed by atoms with Crippen LogP contribution in [0.15, 0.2) is 83.0 Å². The molecule has 1 atom stereocenters. The van der Waals surface area contributed by atoms with Crippen LogP contribution in [-0.2, 0) is 15.3 Å². The van der Waals surface area contributed by atoms with E-state index in [1.165, 1.54) is 28.9 Å². The number of pyridine rings is 1. The first-order chi connectivity index (χ1) is 19.0. The van der Waals surface area contributed by atoms with Crippen LogP contribution in [0.5, 0.6) is 5.75 Å². The van der Waals surface area contributed by atoms with Gasteiger partial charge < -0.3 is 9.84 Å². The summed E-state index contributed by atoms with van der Waals surface area (Å²) in [6.07, 6.45) is 3.96. The van der Waals surface area contributed by atoms with E-state index in [0.717, 1.165) is 17.8 Å². The monoisotopic (exact) mass is 562 g/mol. The number of aliphatic hydroxyl groups excluding tert-OH is 1. The maximum Gasteiger partial charge on any atom is 0.301 e. The van der Waals surface area contributed by atoms with Crippen molar-refractivity contribution in [2.75, 3.05) is 11.5 Å². The van der Waals surface area contributed by atoms with Crippen LogP contribution < -0.4 is 9.64 Å². The molecule has 0 spiro atoms. The van der Waals surface area contributed by atoms with E-state index in [4.69, 9.17) is 4.74 Å². The van der Waals surface area contributed by atoms with E-state index < -0.39 is 17.7 Å². The molecule has 1 N–H and O–H groups in total. The van der Waals surface area contributed by atoms with E-state index in [1.807, 2.05) is 6.92 Å². The number of Topliss-reactive ketones (excluding diaryl/α,β-unsaturated/α-hetero) is 1. The van der Waals surface area contributed by atoms with E-state index in [2.05, 4.69) is 15.2 Å². The highest BCUT2D eigenvalue weighted by atomic mass is 32.2. The van der Waals surface area contributed by atoms with E-state index in [1.54, 1.807) is 60.8 Å². The molecule has 0 saturated carbocycles. The highest BCUT2D eigenvalue weighted by Crippen LogP contribution is 2.44. The van der Waals surface area contributed by atoms with Crippen molar-refractivity contribution in [1.82, 2.24) is 15.2 Å². The van der Waals surface area contributed by atoms with Crippen LogP contribution in [0.2, 0.25) is 0 Å². The summed E-state index contributed by atoms with van der Waals surface area (Å²) in [6, 6.07) is 15.6. The van der Waals surface area contributed by atoms with Gasteiger partial charge in [-0.1, -0.05) is 54.3 Å². The van der Waals surface area contributed by atoms with Crippen molar-refractivity contribution in [3.63, 3.8) is 0 Å². The third-order valence-electron chi connectivity index (χ3n) is 5.96. The number of benzene rings is 2. The van der Waals surface area contributed by atoms with Crippen LogP contribution in [0.1, 0.15) is 36.1 Å². The minimum Gasteiger partial charge on any atom is -0.507 e. The Morgan fingerprint density at radius 3 is 2.62 bits per heavy atom. The Morgan fingerprint density at radius 2 is 1.90 bits per heavy atom. The summed E-state index contributed by atoms with van der Waals surface area (Å²) in [7, 11) is 0. The standard InChI is InChI=1S/C28H23FN4O4S2/c1-2-14-37-20-11-9-17(10-12-20)24(34)22-23(18-7-5-13-30-15-18)33(26(36)25(22)35)27-31-32-28(39-27)38-16-19-6-3-4-8-21(19)29/h3-13,15,23,34H,2,14,16H2,1H3/b24-22-. The van der Waals surface area contributed by atoms with Gasteiger partial charge >= 0.3 is 5.91 Å². The van der Waals surface area contributed by atoms with Crippen LogP contribution in [0.3, 0.4) is 0 Å². The van der Waals surface area contributed by atoms with Gasteiger partial charge in [-0.2, -0.15) is 0 Å². The average Bonchev–Trinajstić information content (AvgIpc) is 3.53. The van der Waals surface area contributed by atoms with Crippen molar-refractivity contribution in [2.24, 2.45) is 0 Å². The molecule has 1 saturated heterocycles. The normalized spacial score (nSPS) is 16.6. The Bertz CT molecular complexity index is 1530. The number of amides is 1. The van der Waals surface area contributed by atoms with E-state index in [9.17, 15) is 19.1 Å². The molecular formula is C28H23FN4O4S2. The van der Waals surface area contributed by atoms with Gasteiger partial charge in [0, 0.05) is 23.7 Å². The Hall–Kier alpha value is -4.09. The molecule has 1 aliphatic rings. The molecule has 0 radical (unpaired) electrons. The summed E-state index contributed by atoms with van der Waals surface area (Å²) in [5.41, 5.74) is 1.33. The Labute approximate surface area is 232 Å². The number of ketones is 1. The number of halogens is 1. The number of carbonyl (C=O) groups is 2. The summed E-state index contributed by atoms with van der Waals surface area (Å²) in [5, 5.41) is 19.8. The van der Waals surface area contributed by atoms with Gasteiger partial charge in [-0.25, -0.2) is 4.39 Å². The number of rotatable bonds is 9. The number of hydrogen-bond donors (Lipinski definition) is 1. The first kappa shape index (κ1) is 26.5. The van der Waals surface area contributed by atoms with Gasteiger partial charge in [0.1, 0.15) is 17.3 Å². The smallest absolute Gasteiger partial charge is 0.301 e. The fraction of sp³-hybridized carbons (Fsp3) is 0.179. The number of aromatic nitrogens is 3. The summed E-state index contributed by atoms with van der Waals surface area (Å²) < 4.78 is 20.1. The zero-order valence-electron chi connectivity index (χ0n) is 20.8. The molecule has 1 aliphatic heterocycles. The number of anilines is 1. The van der Waals surface area contributed by atoms with Crippen molar-refractivity contribution in [2.45, 2.75) is 29.5 Å². The third kappa shape index (κ3) is 5.55. The fourth-order valence-electron chi connectivity index (χ4n) is 4.08. The summed E-state index contributed by atoms with van der Waals surface area (Å²) >= 11 is 2.38. The number of thioether (sulfide) groups is 1. The third-order valence-corrected chi connectivity index (χ3v) is 8.06. The molecule has 1 unspecified atom stereocenters. The predicted molar refractivity (Wildman–Crippen MR) is 147 cm³/mol. The summed E-state index contributed by atoms with van der Waals surface area (Å²) in [5.74, 6) is -1.36. The van der Waals surface area contributed by atoms with Crippen LogP contribution in [0, 0.1) is 5.82 Å². The molecule has 0 aliphatic carbocycles. The number of aliphatic hydroxyl groups is 1. The predicted octanol–water partition coefficient (Wildman–Crippen LogP) is 5.78. The van der Waals surface area contributed by atoms with Gasteiger partial charge in [0.25, 0.3) is 5.78 Å². The van der Waals surface area contributed by atoms with Gasteiger partial charge in [0.2, 0.25) is 5.13 Å². The lowest BCUT2D eigenvalue weighted by Gasteiger charge is -2.22. The van der Waals surface area contributed by atoms with Gasteiger partial charge in [0.05, 0.1) is 18.2 Å². The van der Waals surface area contributed by atoms with Gasteiger partial charge in [-0.05, 0) is 53.9 Å². The average molecular weight is 563 g/mol. The molecule has 8 nitrogen and oxygen atoms in total. The molecule has 39 heavy (non-hydrogen) atoms. The van der Waals surface area contributed by atoms with Crippen molar-refractivity contribution in [3.05, 3.63) is 101 Å². The molecule has 5 rings (SSSR count). The zero-order valence-corrected chi connectivity index (χ0v) is 22.4. The lowest BCUT2D eigenvalue weighted by atomic mass is 9.96. The maximum absolute atomic E-state index is 14.0. The molecule has 4 aromatic rings. The first-order valence-electron chi connectivity index (χ1n) is 12.1.